The summed E-state index contributed by atoms with van der Waals surface area (Å²) in [7, 11) is 0. The first-order valence-corrected chi connectivity index (χ1v) is 22.7. The van der Waals surface area contributed by atoms with E-state index in [1.54, 1.807) is 0 Å². The van der Waals surface area contributed by atoms with Crippen LogP contribution >= 0.6 is 0 Å². The minimum absolute atomic E-state index is 0.521. The molecular formula is C63H41N3. The number of benzene rings is 10. The highest BCUT2D eigenvalue weighted by atomic mass is 15.0. The van der Waals surface area contributed by atoms with Crippen LogP contribution in [0.3, 0.4) is 0 Å². The standard InChI is InChI=1S/C63H41N3/c1-5-19-42(20-6-1)62-64-58(44-34-35-52-51-29-15-17-31-56(51)63(57(52)39-44,45-21-7-2-8-22-45)46-23-9-3-10-24-46)41-59(65-62)53-38-37-48(49-27-13-14-28-50(49)53)43-33-36-55-54-30-16-18-32-60(54)66(61(55)40-43)47-25-11-4-12-26-47/h1-41H. The number of fused-ring (bicyclic) bond motifs is 7. The van der Waals surface area contributed by atoms with Gasteiger partial charge in [-0.05, 0) is 91.7 Å². The van der Waals surface area contributed by atoms with Gasteiger partial charge in [0.25, 0.3) is 0 Å². The van der Waals surface area contributed by atoms with E-state index in [-0.39, 0.29) is 0 Å². The van der Waals surface area contributed by atoms with E-state index in [1.807, 2.05) is 6.07 Å². The SMILES string of the molecule is c1ccc(-c2nc(-c3ccc4c(c3)C(c3ccccc3)(c3ccccc3)c3ccccc3-4)cc(-c3ccc(-c4ccc5c6ccccc6n(-c6ccccc6)c5c4)c4ccccc34)n2)cc1. The molecule has 308 valence electrons. The topological polar surface area (TPSA) is 30.7 Å². The van der Waals surface area contributed by atoms with E-state index in [9.17, 15) is 0 Å². The largest absolute Gasteiger partial charge is 0.309 e. The van der Waals surface area contributed by atoms with Gasteiger partial charge in [0.05, 0.1) is 27.8 Å². The minimum Gasteiger partial charge on any atom is -0.309 e. The van der Waals surface area contributed by atoms with Crippen LogP contribution in [0.4, 0.5) is 0 Å². The zero-order chi connectivity index (χ0) is 43.6. The molecule has 1 aliphatic carbocycles. The van der Waals surface area contributed by atoms with Crippen LogP contribution in [0, 0.1) is 0 Å². The van der Waals surface area contributed by atoms with E-state index < -0.39 is 5.41 Å². The maximum atomic E-state index is 5.38. The van der Waals surface area contributed by atoms with Gasteiger partial charge in [0.2, 0.25) is 0 Å². The normalized spacial score (nSPS) is 12.7. The van der Waals surface area contributed by atoms with Crippen LogP contribution in [-0.4, -0.2) is 14.5 Å². The van der Waals surface area contributed by atoms with Crippen LogP contribution in [0.15, 0.2) is 249 Å². The molecular weight excluding hydrogens is 799 g/mol. The van der Waals surface area contributed by atoms with Crippen molar-refractivity contribution < 1.29 is 0 Å². The maximum Gasteiger partial charge on any atom is 0.160 e. The lowest BCUT2D eigenvalue weighted by atomic mass is 9.67. The van der Waals surface area contributed by atoms with Gasteiger partial charge in [-0.25, -0.2) is 9.97 Å². The predicted molar refractivity (Wildman–Crippen MR) is 273 cm³/mol. The number of para-hydroxylation sites is 2. The number of aromatic nitrogens is 3. The molecule has 3 heteroatoms. The molecule has 0 bridgehead atoms. The summed E-state index contributed by atoms with van der Waals surface area (Å²) in [6, 6.07) is 89.9. The summed E-state index contributed by atoms with van der Waals surface area (Å²) in [5.41, 5.74) is 17.7. The summed E-state index contributed by atoms with van der Waals surface area (Å²) >= 11 is 0. The molecule has 0 spiro atoms. The van der Waals surface area contributed by atoms with Gasteiger partial charge in [0, 0.05) is 33.2 Å². The Morgan fingerprint density at radius 2 is 0.833 bits per heavy atom. The molecule has 0 saturated heterocycles. The number of rotatable bonds is 7. The quantitative estimate of drug-likeness (QED) is 0.160. The Kier molecular flexibility index (Phi) is 8.75. The van der Waals surface area contributed by atoms with Crippen LogP contribution in [-0.2, 0) is 5.41 Å². The zero-order valence-corrected chi connectivity index (χ0v) is 36.0. The van der Waals surface area contributed by atoms with Crippen LogP contribution in [0.2, 0.25) is 0 Å². The van der Waals surface area contributed by atoms with E-state index in [0.717, 1.165) is 44.7 Å². The number of hydrogen-bond acceptors (Lipinski definition) is 2. The molecule has 0 atom stereocenters. The number of hydrogen-bond donors (Lipinski definition) is 0. The highest BCUT2D eigenvalue weighted by molar-refractivity contribution is 6.12. The summed E-state index contributed by atoms with van der Waals surface area (Å²) in [4.78, 5) is 10.8. The Balaban J connectivity index is 1.00. The van der Waals surface area contributed by atoms with Crippen molar-refractivity contribution in [1.82, 2.24) is 14.5 Å². The average Bonchev–Trinajstić information content (AvgIpc) is 3.89. The third-order valence-electron chi connectivity index (χ3n) is 13.7. The Bertz CT molecular complexity index is 3760. The van der Waals surface area contributed by atoms with Crippen molar-refractivity contribution >= 4 is 32.6 Å². The summed E-state index contributed by atoms with van der Waals surface area (Å²) in [6.07, 6.45) is 0. The molecule has 0 amide bonds. The molecule has 10 aromatic carbocycles. The van der Waals surface area contributed by atoms with E-state index in [0.29, 0.717) is 5.82 Å². The van der Waals surface area contributed by atoms with Gasteiger partial charge in [-0.15, -0.1) is 0 Å². The van der Waals surface area contributed by atoms with Crippen molar-refractivity contribution in [3.8, 4) is 61.8 Å². The van der Waals surface area contributed by atoms with Crippen molar-refractivity contribution in [1.29, 1.82) is 0 Å². The zero-order valence-electron chi connectivity index (χ0n) is 36.0. The molecule has 3 nitrogen and oxygen atoms in total. The first-order chi connectivity index (χ1) is 32.7. The van der Waals surface area contributed by atoms with Gasteiger partial charge in [0.1, 0.15) is 0 Å². The lowest BCUT2D eigenvalue weighted by molar-refractivity contribution is 0.768. The second-order valence-electron chi connectivity index (χ2n) is 17.2. The maximum absolute atomic E-state index is 5.38. The Morgan fingerprint density at radius 1 is 0.303 bits per heavy atom. The van der Waals surface area contributed by atoms with E-state index in [2.05, 4.69) is 247 Å². The van der Waals surface area contributed by atoms with Gasteiger partial charge < -0.3 is 4.57 Å². The summed E-state index contributed by atoms with van der Waals surface area (Å²) in [6.45, 7) is 0. The molecule has 12 aromatic rings. The van der Waals surface area contributed by atoms with Crippen LogP contribution in [0.1, 0.15) is 22.3 Å². The van der Waals surface area contributed by atoms with Gasteiger partial charge in [-0.3, -0.25) is 0 Å². The fourth-order valence-electron chi connectivity index (χ4n) is 10.8. The molecule has 0 fully saturated rings. The molecule has 1 aliphatic rings. The average molecular weight is 840 g/mol. The minimum atomic E-state index is -0.521. The van der Waals surface area contributed by atoms with Gasteiger partial charge in [-0.2, -0.15) is 0 Å². The number of nitrogens with zero attached hydrogens (tertiary/aromatic N) is 3. The van der Waals surface area contributed by atoms with Crippen LogP contribution in [0.25, 0.3) is 94.4 Å². The Morgan fingerprint density at radius 3 is 1.58 bits per heavy atom. The monoisotopic (exact) mass is 839 g/mol. The summed E-state index contributed by atoms with van der Waals surface area (Å²) < 4.78 is 2.39. The third-order valence-corrected chi connectivity index (χ3v) is 13.7. The lowest BCUT2D eigenvalue weighted by Crippen LogP contribution is -2.28. The molecule has 0 unspecified atom stereocenters. The predicted octanol–water partition coefficient (Wildman–Crippen LogP) is 15.8. The first-order valence-electron chi connectivity index (χ1n) is 22.7. The van der Waals surface area contributed by atoms with Gasteiger partial charge >= 0.3 is 0 Å². The molecule has 0 radical (unpaired) electrons. The molecule has 0 N–H and O–H groups in total. The highest BCUT2D eigenvalue weighted by Crippen LogP contribution is 2.56. The lowest BCUT2D eigenvalue weighted by Gasteiger charge is -2.34. The molecule has 0 saturated carbocycles. The molecule has 66 heavy (non-hydrogen) atoms. The third kappa shape index (κ3) is 5.84. The van der Waals surface area contributed by atoms with Crippen molar-refractivity contribution in [3.05, 3.63) is 271 Å². The second-order valence-corrected chi connectivity index (χ2v) is 17.2. The second kappa shape index (κ2) is 15.3. The van der Waals surface area contributed by atoms with Crippen molar-refractivity contribution in [3.63, 3.8) is 0 Å². The first kappa shape index (κ1) is 37.9. The molecule has 2 aromatic heterocycles. The Labute approximate surface area is 383 Å². The fourth-order valence-corrected chi connectivity index (χ4v) is 10.8. The summed E-state index contributed by atoms with van der Waals surface area (Å²) in [5, 5.41) is 4.79. The highest BCUT2D eigenvalue weighted by Gasteiger charge is 2.46. The van der Waals surface area contributed by atoms with Crippen LogP contribution in [0.5, 0.6) is 0 Å². The van der Waals surface area contributed by atoms with E-state index in [4.69, 9.17) is 9.97 Å². The smallest absolute Gasteiger partial charge is 0.160 e. The van der Waals surface area contributed by atoms with Crippen molar-refractivity contribution in [2.45, 2.75) is 5.41 Å². The van der Waals surface area contributed by atoms with E-state index >= 15 is 0 Å². The van der Waals surface area contributed by atoms with Crippen LogP contribution < -0.4 is 0 Å². The van der Waals surface area contributed by atoms with Crippen molar-refractivity contribution in [2.75, 3.05) is 0 Å². The molecule has 0 aliphatic heterocycles. The Hall–Kier alpha value is -8.66. The van der Waals surface area contributed by atoms with E-state index in [1.165, 1.54) is 66.1 Å². The summed E-state index contributed by atoms with van der Waals surface area (Å²) in [5.74, 6) is 0.691. The van der Waals surface area contributed by atoms with Crippen molar-refractivity contribution in [2.24, 2.45) is 0 Å². The fraction of sp³-hybridized carbons (Fsp3) is 0.0159. The molecule has 13 rings (SSSR count). The van der Waals surface area contributed by atoms with Gasteiger partial charge in [-0.1, -0.05) is 212 Å². The van der Waals surface area contributed by atoms with Gasteiger partial charge in [0.15, 0.2) is 5.82 Å². The molecule has 2 heterocycles.